The number of benzene rings is 1. The summed E-state index contributed by atoms with van der Waals surface area (Å²) < 4.78 is 24.7. The second kappa shape index (κ2) is 7.25. The highest BCUT2D eigenvalue weighted by Crippen LogP contribution is 2.15. The zero-order valence-corrected chi connectivity index (χ0v) is 10.8. The molecule has 1 aromatic carbocycles. The minimum absolute atomic E-state index is 0.165. The predicted octanol–water partition coefficient (Wildman–Crippen LogP) is 1.83. The average molecular weight is 263 g/mol. The lowest BCUT2D eigenvalue weighted by molar-refractivity contribution is 0.00982. The van der Waals surface area contributed by atoms with Crippen molar-refractivity contribution in [2.75, 3.05) is 19.8 Å². The van der Waals surface area contributed by atoms with Gasteiger partial charge in [-0.25, -0.2) is 4.39 Å². The highest BCUT2D eigenvalue weighted by Gasteiger charge is 2.15. The summed E-state index contributed by atoms with van der Waals surface area (Å²) in [6.07, 6.45) is 2.27. The molecule has 0 aromatic heterocycles. The second-order valence-electron chi connectivity index (χ2n) is 4.46. The van der Waals surface area contributed by atoms with E-state index in [0.29, 0.717) is 17.7 Å². The van der Waals surface area contributed by atoms with Crippen molar-refractivity contribution in [3.05, 3.63) is 35.1 Å². The topological polar surface area (TPSA) is 44.5 Å². The SMILES string of the molecule is NCC#Cc1ccc(COCC2CCCO2)c(F)c1. The Kier molecular flexibility index (Phi) is 5.34. The molecule has 1 unspecified atom stereocenters. The van der Waals surface area contributed by atoms with E-state index in [1.165, 1.54) is 6.07 Å². The smallest absolute Gasteiger partial charge is 0.129 e. The van der Waals surface area contributed by atoms with Crippen LogP contribution in [0.5, 0.6) is 0 Å². The fourth-order valence-corrected chi connectivity index (χ4v) is 1.97. The number of nitrogens with two attached hydrogens (primary N) is 1. The van der Waals surface area contributed by atoms with E-state index in [0.717, 1.165) is 19.4 Å². The molecule has 1 aliphatic rings. The maximum Gasteiger partial charge on any atom is 0.129 e. The Balaban J connectivity index is 1.86. The molecule has 2 N–H and O–H groups in total. The Morgan fingerprint density at radius 3 is 3.05 bits per heavy atom. The number of ether oxygens (including phenoxy) is 2. The van der Waals surface area contributed by atoms with Crippen LogP contribution in [0.1, 0.15) is 24.0 Å². The van der Waals surface area contributed by atoms with Crippen LogP contribution in [0.3, 0.4) is 0 Å². The summed E-state index contributed by atoms with van der Waals surface area (Å²) in [6, 6.07) is 4.88. The Morgan fingerprint density at radius 2 is 2.37 bits per heavy atom. The summed E-state index contributed by atoms with van der Waals surface area (Å²) in [4.78, 5) is 0. The van der Waals surface area contributed by atoms with Gasteiger partial charge in [-0.3, -0.25) is 0 Å². The number of hydrogen-bond donors (Lipinski definition) is 1. The third-order valence-electron chi connectivity index (χ3n) is 2.97. The van der Waals surface area contributed by atoms with Crippen molar-refractivity contribution >= 4 is 0 Å². The maximum atomic E-state index is 13.8. The molecule has 1 saturated heterocycles. The third kappa shape index (κ3) is 4.32. The second-order valence-corrected chi connectivity index (χ2v) is 4.46. The fraction of sp³-hybridized carbons (Fsp3) is 0.467. The molecule has 0 aliphatic carbocycles. The first-order valence-corrected chi connectivity index (χ1v) is 6.46. The van der Waals surface area contributed by atoms with Crippen LogP contribution < -0.4 is 5.73 Å². The number of rotatable bonds is 4. The van der Waals surface area contributed by atoms with E-state index in [1.807, 2.05) is 0 Å². The van der Waals surface area contributed by atoms with Gasteiger partial charge in [0.1, 0.15) is 5.82 Å². The van der Waals surface area contributed by atoms with Gasteiger partial charge < -0.3 is 15.2 Å². The van der Waals surface area contributed by atoms with Gasteiger partial charge in [-0.05, 0) is 25.0 Å². The molecule has 1 aliphatic heterocycles. The van der Waals surface area contributed by atoms with Gasteiger partial charge in [0.2, 0.25) is 0 Å². The molecule has 1 atom stereocenters. The zero-order valence-electron chi connectivity index (χ0n) is 10.8. The number of halogens is 1. The molecule has 2 rings (SSSR count). The summed E-state index contributed by atoms with van der Waals surface area (Å²) in [5.74, 6) is 5.20. The van der Waals surface area contributed by atoms with Gasteiger partial charge in [0.25, 0.3) is 0 Å². The largest absolute Gasteiger partial charge is 0.376 e. The van der Waals surface area contributed by atoms with Crippen LogP contribution in [0.25, 0.3) is 0 Å². The van der Waals surface area contributed by atoms with Crippen molar-refractivity contribution in [1.29, 1.82) is 0 Å². The minimum Gasteiger partial charge on any atom is -0.376 e. The molecule has 19 heavy (non-hydrogen) atoms. The van der Waals surface area contributed by atoms with Crippen LogP contribution >= 0.6 is 0 Å². The van der Waals surface area contributed by atoms with Gasteiger partial charge in [0.05, 0.1) is 25.9 Å². The normalized spacial score (nSPS) is 18.1. The van der Waals surface area contributed by atoms with Gasteiger partial charge in [-0.2, -0.15) is 0 Å². The summed E-state index contributed by atoms with van der Waals surface area (Å²) >= 11 is 0. The molecule has 1 aromatic rings. The van der Waals surface area contributed by atoms with Gasteiger partial charge >= 0.3 is 0 Å². The summed E-state index contributed by atoms with van der Waals surface area (Å²) in [6.45, 7) is 1.86. The zero-order chi connectivity index (χ0) is 13.5. The van der Waals surface area contributed by atoms with Crippen molar-refractivity contribution < 1.29 is 13.9 Å². The molecule has 0 saturated carbocycles. The molecule has 1 heterocycles. The Hall–Kier alpha value is -1.41. The van der Waals surface area contributed by atoms with E-state index in [-0.39, 0.29) is 25.1 Å². The van der Waals surface area contributed by atoms with Crippen molar-refractivity contribution in [3.63, 3.8) is 0 Å². The third-order valence-corrected chi connectivity index (χ3v) is 2.97. The first kappa shape index (κ1) is 14.0. The van der Waals surface area contributed by atoms with E-state index < -0.39 is 0 Å². The Morgan fingerprint density at radius 1 is 1.47 bits per heavy atom. The van der Waals surface area contributed by atoms with E-state index in [1.54, 1.807) is 12.1 Å². The molecule has 0 bridgehead atoms. The van der Waals surface area contributed by atoms with Gasteiger partial charge in [0.15, 0.2) is 0 Å². The first-order chi connectivity index (χ1) is 9.29. The fourth-order valence-electron chi connectivity index (χ4n) is 1.97. The highest BCUT2D eigenvalue weighted by atomic mass is 19.1. The van der Waals surface area contributed by atoms with Crippen LogP contribution in [0.2, 0.25) is 0 Å². The van der Waals surface area contributed by atoms with Crippen LogP contribution in [-0.2, 0) is 16.1 Å². The summed E-state index contributed by atoms with van der Waals surface area (Å²) in [5.41, 5.74) is 6.44. The Bertz CT molecular complexity index is 473. The first-order valence-electron chi connectivity index (χ1n) is 6.46. The van der Waals surface area contributed by atoms with E-state index in [9.17, 15) is 4.39 Å². The summed E-state index contributed by atoms with van der Waals surface area (Å²) in [5, 5.41) is 0. The van der Waals surface area contributed by atoms with Crippen LogP contribution in [0.15, 0.2) is 18.2 Å². The van der Waals surface area contributed by atoms with Crippen LogP contribution in [-0.4, -0.2) is 25.9 Å². The predicted molar refractivity (Wildman–Crippen MR) is 71.0 cm³/mol. The van der Waals surface area contributed by atoms with Crippen molar-refractivity contribution in [2.24, 2.45) is 5.73 Å². The lowest BCUT2D eigenvalue weighted by Gasteiger charge is -2.10. The minimum atomic E-state index is -0.295. The summed E-state index contributed by atoms with van der Waals surface area (Å²) in [7, 11) is 0. The molecular formula is C15H18FNO2. The van der Waals surface area contributed by atoms with Crippen LogP contribution in [0, 0.1) is 17.7 Å². The Labute approximate surface area is 112 Å². The molecule has 1 fully saturated rings. The monoisotopic (exact) mass is 263 g/mol. The van der Waals surface area contributed by atoms with Gasteiger partial charge in [0, 0.05) is 17.7 Å². The molecular weight excluding hydrogens is 245 g/mol. The molecule has 0 amide bonds. The molecule has 0 spiro atoms. The molecule has 0 radical (unpaired) electrons. The lowest BCUT2D eigenvalue weighted by Crippen LogP contribution is -2.14. The van der Waals surface area contributed by atoms with Crippen molar-refractivity contribution in [3.8, 4) is 11.8 Å². The van der Waals surface area contributed by atoms with E-state index >= 15 is 0 Å². The van der Waals surface area contributed by atoms with Gasteiger partial charge in [-0.1, -0.05) is 17.9 Å². The molecule has 102 valence electrons. The molecule has 3 nitrogen and oxygen atoms in total. The van der Waals surface area contributed by atoms with E-state index in [4.69, 9.17) is 15.2 Å². The molecule has 4 heteroatoms. The quantitative estimate of drug-likeness (QED) is 0.843. The van der Waals surface area contributed by atoms with Crippen LogP contribution in [0.4, 0.5) is 4.39 Å². The van der Waals surface area contributed by atoms with Crippen molar-refractivity contribution in [1.82, 2.24) is 0 Å². The van der Waals surface area contributed by atoms with Crippen molar-refractivity contribution in [2.45, 2.75) is 25.6 Å². The van der Waals surface area contributed by atoms with E-state index in [2.05, 4.69) is 11.8 Å². The number of hydrogen-bond acceptors (Lipinski definition) is 3. The van der Waals surface area contributed by atoms with Gasteiger partial charge in [-0.15, -0.1) is 0 Å². The standard InChI is InChI=1S/C15H18FNO2/c16-15-9-12(3-1-7-17)5-6-13(15)10-18-11-14-4-2-8-19-14/h5-6,9,14H,2,4,7-8,10-11,17H2. The lowest BCUT2D eigenvalue weighted by atomic mass is 10.1. The average Bonchev–Trinajstić information content (AvgIpc) is 2.92. The maximum absolute atomic E-state index is 13.8. The highest BCUT2D eigenvalue weighted by molar-refractivity contribution is 5.37.